The first kappa shape index (κ1) is 29.9. The molecule has 0 radical (unpaired) electrons. The number of amides is 1. The Kier molecular flexibility index (Phi) is 9.43. The van der Waals surface area contributed by atoms with E-state index in [4.69, 9.17) is 27.9 Å². The van der Waals surface area contributed by atoms with Crippen LogP contribution in [-0.2, 0) is 10.1 Å². The van der Waals surface area contributed by atoms with Crippen molar-refractivity contribution >= 4 is 67.1 Å². The van der Waals surface area contributed by atoms with Gasteiger partial charge in [0.2, 0.25) is 0 Å². The third-order valence-electron chi connectivity index (χ3n) is 5.49. The molecule has 2 N–H and O–H groups in total. The van der Waals surface area contributed by atoms with Crippen LogP contribution >= 0.6 is 23.2 Å². The van der Waals surface area contributed by atoms with Crippen LogP contribution in [0, 0.1) is 6.92 Å². The van der Waals surface area contributed by atoms with Gasteiger partial charge < -0.3 is 15.2 Å². The number of halogens is 2. The zero-order valence-corrected chi connectivity index (χ0v) is 24.6. The molecule has 0 aliphatic rings. The van der Waals surface area contributed by atoms with E-state index in [2.05, 4.69) is 15.5 Å². The van der Waals surface area contributed by atoms with Gasteiger partial charge in [-0.15, -0.1) is 0 Å². The molecule has 0 saturated heterocycles. The molecule has 0 aliphatic heterocycles. The maximum absolute atomic E-state index is 13.4. The van der Waals surface area contributed by atoms with Crippen LogP contribution < -0.4 is 44.7 Å². The van der Waals surface area contributed by atoms with Gasteiger partial charge in [0.1, 0.15) is 10.6 Å². The molecule has 4 aromatic carbocycles. The molecule has 0 unspecified atom stereocenters. The number of nitrogens with one attached hydrogen (secondary N) is 1. The first-order chi connectivity index (χ1) is 17.5. The van der Waals surface area contributed by atoms with Gasteiger partial charge in [0.25, 0.3) is 16.0 Å². The molecule has 13 heteroatoms. The molecule has 0 fully saturated rings. The minimum Gasteiger partial charge on any atom is -0.870 e. The maximum Gasteiger partial charge on any atom is 1.00 e. The van der Waals surface area contributed by atoms with Gasteiger partial charge in [0.05, 0.1) is 34.2 Å². The van der Waals surface area contributed by atoms with Gasteiger partial charge in [-0.3, -0.25) is 9.35 Å². The van der Waals surface area contributed by atoms with E-state index in [0.717, 1.165) is 0 Å². The molecule has 4 aromatic rings. The number of ether oxygens (including phenoxy) is 1. The predicted molar refractivity (Wildman–Crippen MR) is 140 cm³/mol. The van der Waals surface area contributed by atoms with Gasteiger partial charge >= 0.3 is 29.6 Å². The van der Waals surface area contributed by atoms with Crippen LogP contribution in [0.4, 0.5) is 17.1 Å². The summed E-state index contributed by atoms with van der Waals surface area (Å²) in [5, 5.41) is 25.1. The second-order valence-corrected chi connectivity index (χ2v) is 9.99. The quantitative estimate of drug-likeness (QED) is 0.203. The molecule has 0 saturated carbocycles. The third kappa shape index (κ3) is 6.13. The minimum absolute atomic E-state index is 0. The van der Waals surface area contributed by atoms with E-state index in [0.29, 0.717) is 16.5 Å². The van der Waals surface area contributed by atoms with Gasteiger partial charge in [0.15, 0.2) is 0 Å². The molecule has 0 aromatic heterocycles. The van der Waals surface area contributed by atoms with E-state index in [9.17, 15) is 22.9 Å². The van der Waals surface area contributed by atoms with E-state index in [1.165, 1.54) is 38.3 Å². The number of benzene rings is 4. The summed E-state index contributed by atoms with van der Waals surface area (Å²) < 4.78 is 38.1. The Labute approximate surface area is 250 Å². The average molecular weight is 582 g/mol. The van der Waals surface area contributed by atoms with Crippen molar-refractivity contribution in [3.8, 4) is 11.5 Å². The Bertz CT molecular complexity index is 1700. The zero-order chi connectivity index (χ0) is 26.9. The molecule has 0 bridgehead atoms. The van der Waals surface area contributed by atoms with Gasteiger partial charge in [-0.25, -0.2) is 0 Å². The Morgan fingerprint density at radius 1 is 1.03 bits per heavy atom. The first-order valence-corrected chi connectivity index (χ1v) is 12.8. The molecule has 38 heavy (non-hydrogen) atoms. The SMILES string of the molecule is COc1ccc(NC(=O)c2cc3ccccc3c(N=Nc3ccc(Cl)c(S(=O)(=O)O)c3C)c2[O-])c(Cl)c1.[Na+]. The Morgan fingerprint density at radius 2 is 1.74 bits per heavy atom. The monoisotopic (exact) mass is 581 g/mol. The number of methoxy groups -OCH3 is 1. The number of anilines is 1. The minimum atomic E-state index is -4.64. The number of hydrogen-bond acceptors (Lipinski definition) is 7. The summed E-state index contributed by atoms with van der Waals surface area (Å²) in [5.41, 5.74) is 0.0366. The van der Waals surface area contributed by atoms with Crippen LogP contribution in [0.25, 0.3) is 10.8 Å². The fourth-order valence-electron chi connectivity index (χ4n) is 3.67. The van der Waals surface area contributed by atoms with Crippen molar-refractivity contribution in [2.24, 2.45) is 10.2 Å². The number of carbonyl (C=O) groups excluding carboxylic acids is 1. The van der Waals surface area contributed by atoms with Crippen LogP contribution in [0.5, 0.6) is 11.5 Å². The van der Waals surface area contributed by atoms with Gasteiger partial charge in [-0.1, -0.05) is 53.2 Å². The van der Waals surface area contributed by atoms with Crippen molar-refractivity contribution in [2.75, 3.05) is 12.4 Å². The van der Waals surface area contributed by atoms with Crippen molar-refractivity contribution in [1.29, 1.82) is 0 Å². The Hall–Kier alpha value is -2.70. The summed E-state index contributed by atoms with van der Waals surface area (Å²) in [4.78, 5) is 12.6. The Morgan fingerprint density at radius 3 is 2.39 bits per heavy atom. The van der Waals surface area contributed by atoms with Gasteiger partial charge in [-0.05, 0) is 48.2 Å². The second kappa shape index (κ2) is 12.0. The van der Waals surface area contributed by atoms with E-state index < -0.39 is 26.7 Å². The summed E-state index contributed by atoms with van der Waals surface area (Å²) in [6, 6.07) is 15.5. The van der Waals surface area contributed by atoms with Crippen LogP contribution in [-0.4, -0.2) is 26.0 Å². The largest absolute Gasteiger partial charge is 1.00 e. The van der Waals surface area contributed by atoms with E-state index >= 15 is 0 Å². The van der Waals surface area contributed by atoms with E-state index in [1.807, 2.05) is 0 Å². The number of hydrogen-bond donors (Lipinski definition) is 2. The molecule has 1 amide bonds. The third-order valence-corrected chi connectivity index (χ3v) is 7.27. The van der Waals surface area contributed by atoms with Crippen LogP contribution in [0.15, 0.2) is 75.8 Å². The van der Waals surface area contributed by atoms with Crippen LogP contribution in [0.2, 0.25) is 10.0 Å². The summed E-state index contributed by atoms with van der Waals surface area (Å²) in [5.74, 6) is -0.919. The molecule has 4 rings (SSSR count). The average Bonchev–Trinajstić information content (AvgIpc) is 2.84. The van der Waals surface area contributed by atoms with E-state index in [-0.39, 0.29) is 67.8 Å². The fraction of sp³-hybridized carbons (Fsp3) is 0.0800. The first-order valence-electron chi connectivity index (χ1n) is 10.6. The zero-order valence-electron chi connectivity index (χ0n) is 20.3. The number of rotatable bonds is 6. The summed E-state index contributed by atoms with van der Waals surface area (Å²) >= 11 is 12.2. The van der Waals surface area contributed by atoms with Crippen molar-refractivity contribution in [2.45, 2.75) is 11.8 Å². The van der Waals surface area contributed by atoms with Crippen LogP contribution in [0.1, 0.15) is 15.9 Å². The van der Waals surface area contributed by atoms with Crippen molar-refractivity contribution in [1.82, 2.24) is 0 Å². The van der Waals surface area contributed by atoms with Crippen molar-refractivity contribution < 1.29 is 57.2 Å². The molecule has 9 nitrogen and oxygen atoms in total. The summed E-state index contributed by atoms with van der Waals surface area (Å²) in [6.45, 7) is 1.39. The van der Waals surface area contributed by atoms with E-state index in [1.54, 1.807) is 36.4 Å². The molecule has 0 heterocycles. The molecule has 0 atom stereocenters. The smallest absolute Gasteiger partial charge is 0.870 e. The summed E-state index contributed by atoms with van der Waals surface area (Å²) in [7, 11) is -3.16. The standard InChI is InChI=1S/C25H19Cl2N3O6S.Na/c1-13-20(10-8-18(26)24(13)37(33,34)35)29-30-22-16-6-4-3-5-14(16)11-17(23(22)31)25(32)28-21-9-7-15(36-2)12-19(21)27;/h3-12,31H,1-2H3,(H,28,32)(H,33,34,35);/q;+1/p-1. The van der Waals surface area contributed by atoms with Crippen LogP contribution in [0.3, 0.4) is 0 Å². The van der Waals surface area contributed by atoms with Gasteiger partial charge in [-0.2, -0.15) is 18.6 Å². The Balaban J connectivity index is 0.00000400. The predicted octanol–water partition coefficient (Wildman–Crippen LogP) is 3.46. The molecule has 0 aliphatic carbocycles. The molecular weight excluding hydrogens is 564 g/mol. The second-order valence-electron chi connectivity index (χ2n) is 7.82. The number of azo groups is 1. The molecule has 0 spiro atoms. The topological polar surface area (TPSA) is 140 Å². The van der Waals surface area contributed by atoms with Crippen molar-refractivity contribution in [3.05, 3.63) is 81.8 Å². The normalized spacial score (nSPS) is 11.4. The maximum atomic E-state index is 13.4. The fourth-order valence-corrected chi connectivity index (χ4v) is 5.19. The summed E-state index contributed by atoms with van der Waals surface area (Å²) in [6.07, 6.45) is 0. The van der Waals surface area contributed by atoms with Crippen molar-refractivity contribution in [3.63, 3.8) is 0 Å². The number of carbonyl (C=O) groups is 1. The molecular formula is C25H18Cl2N3NaO6S. The van der Waals surface area contributed by atoms with Gasteiger partial charge in [0, 0.05) is 17.0 Å². The molecule has 190 valence electrons. The number of nitrogens with zero attached hydrogens (tertiary/aromatic N) is 2. The number of fused-ring (bicyclic) bond motifs is 1.